The first kappa shape index (κ1) is 13.2. The molecule has 2 N–H and O–H groups in total. The molecule has 0 radical (unpaired) electrons. The maximum Gasteiger partial charge on any atom is 0.0595 e. The summed E-state index contributed by atoms with van der Waals surface area (Å²) in [5, 5.41) is 14.1. The third-order valence-corrected chi connectivity index (χ3v) is 4.01. The van der Waals surface area contributed by atoms with E-state index in [9.17, 15) is 5.11 Å². The lowest BCUT2D eigenvalue weighted by molar-refractivity contribution is 0.116. The van der Waals surface area contributed by atoms with Crippen LogP contribution in [0.5, 0.6) is 0 Å². The molecule has 0 aromatic heterocycles. The molecule has 94 valence electrons. The van der Waals surface area contributed by atoms with Crippen molar-refractivity contribution >= 4 is 23.2 Å². The molecule has 0 spiro atoms. The first-order valence-corrected chi connectivity index (χ1v) is 6.76. The van der Waals surface area contributed by atoms with Crippen LogP contribution in [0.2, 0.25) is 10.0 Å². The van der Waals surface area contributed by atoms with Crippen LogP contribution in [0.4, 0.5) is 0 Å². The first-order valence-electron chi connectivity index (χ1n) is 6.00. The fourth-order valence-corrected chi connectivity index (χ4v) is 2.51. The lowest BCUT2D eigenvalue weighted by Gasteiger charge is -2.26. The van der Waals surface area contributed by atoms with Gasteiger partial charge in [0.1, 0.15) is 0 Å². The van der Waals surface area contributed by atoms with E-state index < -0.39 is 0 Å². The molecule has 0 saturated heterocycles. The van der Waals surface area contributed by atoms with Gasteiger partial charge in [-0.2, -0.15) is 0 Å². The Labute approximate surface area is 112 Å². The van der Waals surface area contributed by atoms with Crippen molar-refractivity contribution in [3.05, 3.63) is 33.8 Å². The number of hydrogen-bond acceptors (Lipinski definition) is 2. The number of aliphatic hydroxyl groups excluding tert-OH is 1. The van der Waals surface area contributed by atoms with Crippen LogP contribution in [0.3, 0.4) is 0 Å². The summed E-state index contributed by atoms with van der Waals surface area (Å²) in [7, 11) is 0. The Morgan fingerprint density at radius 2 is 1.82 bits per heavy atom. The molecular weight excluding hydrogens is 257 g/mol. The molecule has 1 saturated carbocycles. The van der Waals surface area contributed by atoms with Crippen molar-refractivity contribution in [2.45, 2.75) is 44.4 Å². The van der Waals surface area contributed by atoms with E-state index in [4.69, 9.17) is 23.2 Å². The maximum absolute atomic E-state index is 9.42. The summed E-state index contributed by atoms with van der Waals surface area (Å²) in [5.74, 6) is 0. The first-order chi connectivity index (χ1) is 8.15. The highest BCUT2D eigenvalue weighted by Crippen LogP contribution is 2.23. The minimum absolute atomic E-state index is 0.0990. The Bertz CT molecular complexity index is 376. The molecule has 1 aromatic rings. The minimum atomic E-state index is -0.0990. The molecule has 4 heteroatoms. The summed E-state index contributed by atoms with van der Waals surface area (Å²) in [6, 6.07) is 6.21. The van der Waals surface area contributed by atoms with Crippen molar-refractivity contribution in [1.29, 1.82) is 0 Å². The van der Waals surface area contributed by atoms with Crippen LogP contribution in [-0.4, -0.2) is 17.3 Å². The Morgan fingerprint density at radius 3 is 2.47 bits per heavy atom. The Hall–Kier alpha value is -0.280. The molecule has 0 atom stereocenters. The van der Waals surface area contributed by atoms with E-state index in [1.165, 1.54) is 0 Å². The van der Waals surface area contributed by atoms with Gasteiger partial charge in [-0.05, 0) is 43.4 Å². The van der Waals surface area contributed by atoms with Crippen molar-refractivity contribution in [2.75, 3.05) is 0 Å². The molecule has 1 fully saturated rings. The second kappa shape index (κ2) is 6.05. The van der Waals surface area contributed by atoms with Crippen LogP contribution in [0.25, 0.3) is 0 Å². The van der Waals surface area contributed by atoms with E-state index in [0.717, 1.165) is 37.8 Å². The van der Waals surface area contributed by atoms with Gasteiger partial charge in [-0.25, -0.2) is 0 Å². The maximum atomic E-state index is 9.42. The van der Waals surface area contributed by atoms with E-state index in [-0.39, 0.29) is 6.10 Å². The van der Waals surface area contributed by atoms with Gasteiger partial charge < -0.3 is 10.4 Å². The van der Waals surface area contributed by atoms with E-state index in [1.54, 1.807) is 0 Å². The number of aliphatic hydroxyl groups is 1. The molecule has 2 nitrogen and oxygen atoms in total. The molecule has 0 bridgehead atoms. The van der Waals surface area contributed by atoms with Crippen molar-refractivity contribution in [1.82, 2.24) is 5.32 Å². The highest BCUT2D eigenvalue weighted by atomic mass is 35.5. The average molecular weight is 274 g/mol. The van der Waals surface area contributed by atoms with Crippen LogP contribution in [0.1, 0.15) is 31.2 Å². The summed E-state index contributed by atoms with van der Waals surface area (Å²) in [4.78, 5) is 0. The van der Waals surface area contributed by atoms with Crippen molar-refractivity contribution in [2.24, 2.45) is 0 Å². The molecule has 1 aliphatic carbocycles. The fraction of sp³-hybridized carbons (Fsp3) is 0.538. The van der Waals surface area contributed by atoms with Crippen LogP contribution < -0.4 is 5.32 Å². The molecule has 0 unspecified atom stereocenters. The zero-order valence-electron chi connectivity index (χ0n) is 9.63. The molecule has 1 aromatic carbocycles. The number of benzene rings is 1. The number of rotatable bonds is 3. The summed E-state index contributed by atoms with van der Waals surface area (Å²) in [5.41, 5.74) is 1.14. The normalized spacial score (nSPS) is 24.9. The second-order valence-corrected chi connectivity index (χ2v) is 5.45. The van der Waals surface area contributed by atoms with Crippen molar-refractivity contribution < 1.29 is 5.11 Å². The molecule has 0 heterocycles. The number of nitrogens with one attached hydrogen (secondary N) is 1. The van der Waals surface area contributed by atoms with E-state index >= 15 is 0 Å². The molecule has 0 aliphatic heterocycles. The second-order valence-electron chi connectivity index (χ2n) is 4.63. The average Bonchev–Trinajstić information content (AvgIpc) is 2.33. The number of halogens is 2. The predicted molar refractivity (Wildman–Crippen MR) is 71.6 cm³/mol. The summed E-state index contributed by atoms with van der Waals surface area (Å²) >= 11 is 11.8. The smallest absolute Gasteiger partial charge is 0.0595 e. The van der Waals surface area contributed by atoms with Crippen molar-refractivity contribution in [3.8, 4) is 0 Å². The van der Waals surface area contributed by atoms with Crippen LogP contribution >= 0.6 is 23.2 Å². The van der Waals surface area contributed by atoms with Gasteiger partial charge in [0, 0.05) is 12.6 Å². The molecular formula is C13H17Cl2NO. The summed E-state index contributed by atoms with van der Waals surface area (Å²) < 4.78 is 0. The predicted octanol–water partition coefficient (Wildman–Crippen LogP) is 3.39. The molecule has 1 aliphatic rings. The number of hydrogen-bond donors (Lipinski definition) is 2. The van der Waals surface area contributed by atoms with Gasteiger partial charge in [-0.1, -0.05) is 29.3 Å². The van der Waals surface area contributed by atoms with E-state index in [2.05, 4.69) is 5.32 Å². The zero-order chi connectivity index (χ0) is 12.3. The van der Waals surface area contributed by atoms with Gasteiger partial charge in [-0.15, -0.1) is 0 Å². The lowest BCUT2D eigenvalue weighted by atomic mass is 9.93. The van der Waals surface area contributed by atoms with Crippen LogP contribution in [-0.2, 0) is 6.54 Å². The Balaban J connectivity index is 1.83. The third-order valence-electron chi connectivity index (χ3n) is 3.28. The monoisotopic (exact) mass is 273 g/mol. The van der Waals surface area contributed by atoms with Crippen LogP contribution in [0, 0.1) is 0 Å². The molecule has 0 amide bonds. The quantitative estimate of drug-likeness (QED) is 0.885. The van der Waals surface area contributed by atoms with Gasteiger partial charge in [0.05, 0.1) is 16.1 Å². The minimum Gasteiger partial charge on any atom is -0.393 e. The van der Waals surface area contributed by atoms with Crippen molar-refractivity contribution in [3.63, 3.8) is 0 Å². The summed E-state index contributed by atoms with van der Waals surface area (Å²) in [6.45, 7) is 0.803. The third kappa shape index (κ3) is 3.85. The molecule has 2 rings (SSSR count). The topological polar surface area (TPSA) is 32.3 Å². The van der Waals surface area contributed by atoms with E-state index in [0.29, 0.717) is 16.1 Å². The van der Waals surface area contributed by atoms with Gasteiger partial charge >= 0.3 is 0 Å². The Kier molecular flexibility index (Phi) is 4.69. The molecule has 17 heavy (non-hydrogen) atoms. The largest absolute Gasteiger partial charge is 0.393 e. The summed E-state index contributed by atoms with van der Waals surface area (Å²) in [6.07, 6.45) is 3.79. The highest BCUT2D eigenvalue weighted by Gasteiger charge is 2.18. The standard InChI is InChI=1S/C13H17Cl2NO/c14-12-6-1-9(7-13(12)15)8-16-10-2-4-11(17)5-3-10/h1,6-7,10-11,16-17H,2-5,8H2. The van der Waals surface area contributed by atoms with Crippen LogP contribution in [0.15, 0.2) is 18.2 Å². The fourth-order valence-electron chi connectivity index (χ4n) is 2.19. The highest BCUT2D eigenvalue weighted by molar-refractivity contribution is 6.42. The Morgan fingerprint density at radius 1 is 1.12 bits per heavy atom. The van der Waals surface area contributed by atoms with Gasteiger partial charge in [0.15, 0.2) is 0 Å². The lowest BCUT2D eigenvalue weighted by Crippen LogP contribution is -2.34. The zero-order valence-corrected chi connectivity index (χ0v) is 11.1. The van der Waals surface area contributed by atoms with Gasteiger partial charge in [-0.3, -0.25) is 0 Å². The van der Waals surface area contributed by atoms with Gasteiger partial charge in [0.2, 0.25) is 0 Å². The van der Waals surface area contributed by atoms with E-state index in [1.807, 2.05) is 18.2 Å². The SMILES string of the molecule is OC1CCC(NCc2ccc(Cl)c(Cl)c2)CC1. The van der Waals surface area contributed by atoms with Gasteiger partial charge in [0.25, 0.3) is 0 Å².